The summed E-state index contributed by atoms with van der Waals surface area (Å²) in [7, 11) is -3.49. The molecule has 0 aliphatic carbocycles. The summed E-state index contributed by atoms with van der Waals surface area (Å²) in [6.45, 7) is 5.11. The van der Waals surface area contributed by atoms with Crippen molar-refractivity contribution in [2.24, 2.45) is 10.7 Å². The van der Waals surface area contributed by atoms with Gasteiger partial charge < -0.3 is 15.4 Å². The van der Waals surface area contributed by atoms with E-state index in [4.69, 9.17) is 10.5 Å². The standard InChI is InChI=1S/C14H22N4O3S/c1-12-2-4-13(5-3-12)22(19,20)17-7-6-16-14(15)18-8-10-21-11-9-18/h2-5,17H,6-11H2,1H3,(H2,15,16). The van der Waals surface area contributed by atoms with E-state index in [0.717, 1.165) is 5.56 Å². The molecule has 22 heavy (non-hydrogen) atoms. The average molecular weight is 326 g/mol. The number of morpholine rings is 1. The number of hydrogen-bond donors (Lipinski definition) is 2. The number of rotatable bonds is 5. The summed E-state index contributed by atoms with van der Waals surface area (Å²) >= 11 is 0. The number of aliphatic imine (C=N–C) groups is 1. The summed E-state index contributed by atoms with van der Waals surface area (Å²) in [6.07, 6.45) is 0. The fourth-order valence-corrected chi connectivity index (χ4v) is 3.06. The third kappa shape index (κ3) is 4.69. The second kappa shape index (κ2) is 7.57. The predicted octanol–water partition coefficient (Wildman–Crippen LogP) is -0.0798. The quantitative estimate of drug-likeness (QED) is 0.448. The first-order chi connectivity index (χ1) is 10.5. The number of benzene rings is 1. The van der Waals surface area contributed by atoms with E-state index < -0.39 is 10.0 Å². The fourth-order valence-electron chi connectivity index (χ4n) is 2.04. The fraction of sp³-hybridized carbons (Fsp3) is 0.500. The lowest BCUT2D eigenvalue weighted by Crippen LogP contribution is -2.45. The molecule has 7 nitrogen and oxygen atoms in total. The Labute approximate surface area is 131 Å². The summed E-state index contributed by atoms with van der Waals surface area (Å²) in [6, 6.07) is 6.71. The molecule has 2 rings (SSSR count). The highest BCUT2D eigenvalue weighted by molar-refractivity contribution is 7.89. The van der Waals surface area contributed by atoms with Gasteiger partial charge in [-0.25, -0.2) is 13.1 Å². The minimum atomic E-state index is -3.49. The largest absolute Gasteiger partial charge is 0.378 e. The third-order valence-corrected chi connectivity index (χ3v) is 4.82. The highest BCUT2D eigenvalue weighted by atomic mass is 32.2. The minimum absolute atomic E-state index is 0.210. The molecule has 0 spiro atoms. The topological polar surface area (TPSA) is 97.0 Å². The van der Waals surface area contributed by atoms with Crippen molar-refractivity contribution >= 4 is 16.0 Å². The maximum Gasteiger partial charge on any atom is 0.240 e. The zero-order valence-electron chi connectivity index (χ0n) is 12.7. The van der Waals surface area contributed by atoms with Gasteiger partial charge in [0.05, 0.1) is 24.7 Å². The van der Waals surface area contributed by atoms with E-state index in [1.54, 1.807) is 24.3 Å². The van der Waals surface area contributed by atoms with Crippen LogP contribution in [0.1, 0.15) is 5.56 Å². The van der Waals surface area contributed by atoms with E-state index in [-0.39, 0.29) is 11.4 Å². The van der Waals surface area contributed by atoms with Gasteiger partial charge >= 0.3 is 0 Å². The van der Waals surface area contributed by atoms with Crippen LogP contribution in [0.25, 0.3) is 0 Å². The van der Waals surface area contributed by atoms with Crippen LogP contribution >= 0.6 is 0 Å². The van der Waals surface area contributed by atoms with Gasteiger partial charge in [0, 0.05) is 19.6 Å². The molecular formula is C14H22N4O3S. The van der Waals surface area contributed by atoms with Crippen LogP contribution in [0.3, 0.4) is 0 Å². The van der Waals surface area contributed by atoms with Crippen molar-refractivity contribution in [2.75, 3.05) is 39.4 Å². The van der Waals surface area contributed by atoms with Crippen molar-refractivity contribution in [3.8, 4) is 0 Å². The molecular weight excluding hydrogens is 304 g/mol. The van der Waals surface area contributed by atoms with Crippen molar-refractivity contribution in [2.45, 2.75) is 11.8 Å². The Balaban J connectivity index is 1.83. The molecule has 1 fully saturated rings. The van der Waals surface area contributed by atoms with Gasteiger partial charge in [-0.15, -0.1) is 0 Å². The Bertz CT molecular complexity index is 607. The normalized spacial score (nSPS) is 16.8. The van der Waals surface area contributed by atoms with Gasteiger partial charge in [0.25, 0.3) is 0 Å². The molecule has 8 heteroatoms. The first-order valence-electron chi connectivity index (χ1n) is 7.18. The third-order valence-electron chi connectivity index (χ3n) is 3.34. The number of nitrogens with zero attached hydrogens (tertiary/aromatic N) is 2. The molecule has 0 bridgehead atoms. The molecule has 0 aromatic heterocycles. The highest BCUT2D eigenvalue weighted by Gasteiger charge is 2.14. The van der Waals surface area contributed by atoms with Crippen LogP contribution < -0.4 is 10.5 Å². The van der Waals surface area contributed by atoms with E-state index in [0.29, 0.717) is 38.8 Å². The summed E-state index contributed by atoms with van der Waals surface area (Å²) < 4.78 is 31.9. The number of hydrogen-bond acceptors (Lipinski definition) is 4. The Morgan fingerprint density at radius 2 is 1.95 bits per heavy atom. The molecule has 122 valence electrons. The first kappa shape index (κ1) is 16.7. The predicted molar refractivity (Wildman–Crippen MR) is 85.2 cm³/mol. The first-order valence-corrected chi connectivity index (χ1v) is 8.66. The van der Waals surface area contributed by atoms with Crippen LogP contribution in [0, 0.1) is 6.92 Å². The number of nitrogens with one attached hydrogen (secondary N) is 1. The Hall–Kier alpha value is -1.64. The molecule has 0 radical (unpaired) electrons. The number of aryl methyl sites for hydroxylation is 1. The van der Waals surface area contributed by atoms with Gasteiger partial charge in [0.15, 0.2) is 5.96 Å². The van der Waals surface area contributed by atoms with Crippen molar-refractivity contribution < 1.29 is 13.2 Å². The molecule has 3 N–H and O–H groups in total. The van der Waals surface area contributed by atoms with Crippen molar-refractivity contribution in [1.29, 1.82) is 0 Å². The summed E-state index contributed by atoms with van der Waals surface area (Å²) in [4.78, 5) is 6.38. The highest BCUT2D eigenvalue weighted by Crippen LogP contribution is 2.09. The summed E-state index contributed by atoms with van der Waals surface area (Å²) in [5, 5.41) is 0. The molecule has 1 heterocycles. The van der Waals surface area contributed by atoms with Gasteiger partial charge in [-0.05, 0) is 19.1 Å². The molecule has 0 saturated carbocycles. The monoisotopic (exact) mass is 326 g/mol. The van der Waals surface area contributed by atoms with Crippen LogP contribution in [0.15, 0.2) is 34.2 Å². The minimum Gasteiger partial charge on any atom is -0.378 e. The van der Waals surface area contributed by atoms with E-state index >= 15 is 0 Å². The van der Waals surface area contributed by atoms with Crippen LogP contribution in [-0.2, 0) is 14.8 Å². The van der Waals surface area contributed by atoms with Crippen LogP contribution in [0.2, 0.25) is 0 Å². The maximum atomic E-state index is 12.1. The van der Waals surface area contributed by atoms with Crippen LogP contribution in [-0.4, -0.2) is 58.7 Å². The number of ether oxygens (including phenoxy) is 1. The molecule has 0 unspecified atom stereocenters. The SMILES string of the molecule is Cc1ccc(S(=O)(=O)NCCN=C(N)N2CCOCC2)cc1. The van der Waals surface area contributed by atoms with Gasteiger partial charge in [0.2, 0.25) is 10.0 Å². The van der Waals surface area contributed by atoms with Crippen molar-refractivity contribution in [3.63, 3.8) is 0 Å². The second-order valence-electron chi connectivity index (χ2n) is 5.05. The molecule has 1 saturated heterocycles. The van der Waals surface area contributed by atoms with Gasteiger partial charge in [0.1, 0.15) is 0 Å². The molecule has 0 amide bonds. The number of guanidine groups is 1. The molecule has 1 aliphatic heterocycles. The molecule has 0 atom stereocenters. The smallest absolute Gasteiger partial charge is 0.240 e. The molecule has 1 aliphatic rings. The molecule has 1 aromatic carbocycles. The molecule has 1 aromatic rings. The van der Waals surface area contributed by atoms with E-state index in [2.05, 4.69) is 9.71 Å². The lowest BCUT2D eigenvalue weighted by molar-refractivity contribution is 0.0674. The van der Waals surface area contributed by atoms with E-state index in [1.807, 2.05) is 11.8 Å². The maximum absolute atomic E-state index is 12.1. The second-order valence-corrected chi connectivity index (χ2v) is 6.82. The van der Waals surface area contributed by atoms with Crippen LogP contribution in [0.5, 0.6) is 0 Å². The van der Waals surface area contributed by atoms with Crippen LogP contribution in [0.4, 0.5) is 0 Å². The Morgan fingerprint density at radius 3 is 2.59 bits per heavy atom. The Morgan fingerprint density at radius 1 is 1.32 bits per heavy atom. The lowest BCUT2D eigenvalue weighted by Gasteiger charge is -2.27. The van der Waals surface area contributed by atoms with E-state index in [9.17, 15) is 8.42 Å². The van der Waals surface area contributed by atoms with Crippen molar-refractivity contribution in [3.05, 3.63) is 29.8 Å². The van der Waals surface area contributed by atoms with Gasteiger partial charge in [-0.2, -0.15) is 0 Å². The number of sulfonamides is 1. The van der Waals surface area contributed by atoms with Gasteiger partial charge in [-0.3, -0.25) is 4.99 Å². The lowest BCUT2D eigenvalue weighted by atomic mass is 10.2. The van der Waals surface area contributed by atoms with E-state index in [1.165, 1.54) is 0 Å². The Kier molecular flexibility index (Phi) is 5.76. The van der Waals surface area contributed by atoms with Crippen molar-refractivity contribution in [1.82, 2.24) is 9.62 Å². The number of nitrogens with two attached hydrogens (primary N) is 1. The summed E-state index contributed by atoms with van der Waals surface area (Å²) in [5.74, 6) is 0.429. The van der Waals surface area contributed by atoms with Gasteiger partial charge in [-0.1, -0.05) is 17.7 Å². The zero-order valence-corrected chi connectivity index (χ0v) is 13.5. The zero-order chi connectivity index (χ0) is 16.0. The average Bonchev–Trinajstić information content (AvgIpc) is 2.52. The summed E-state index contributed by atoms with van der Waals surface area (Å²) in [5.41, 5.74) is 6.88.